The van der Waals surface area contributed by atoms with E-state index in [1.165, 1.54) is 17.5 Å². The Kier molecular flexibility index (Phi) is 10.1. The topological polar surface area (TPSA) is 38.0 Å². The summed E-state index contributed by atoms with van der Waals surface area (Å²) in [5.41, 5.74) is 9.41. The SMILES string of the molecule is CC.CCC/C=C\Cc1cccc(N)c1CNC. The first-order valence-electron chi connectivity index (χ1n) is 6.95. The molecule has 1 rings (SSSR count). The Morgan fingerprint density at radius 1 is 1.22 bits per heavy atom. The Morgan fingerprint density at radius 3 is 2.56 bits per heavy atom. The largest absolute Gasteiger partial charge is 0.398 e. The number of hydrogen-bond donors (Lipinski definition) is 2. The van der Waals surface area contributed by atoms with E-state index in [1.54, 1.807) is 0 Å². The first-order valence-corrected chi connectivity index (χ1v) is 6.95. The van der Waals surface area contributed by atoms with E-state index in [0.29, 0.717) is 0 Å². The fraction of sp³-hybridized carbons (Fsp3) is 0.500. The summed E-state index contributed by atoms with van der Waals surface area (Å²) in [6, 6.07) is 6.14. The van der Waals surface area contributed by atoms with Crippen LogP contribution in [0.25, 0.3) is 0 Å². The highest BCUT2D eigenvalue weighted by Crippen LogP contribution is 2.17. The Hall–Kier alpha value is -1.28. The van der Waals surface area contributed by atoms with E-state index in [4.69, 9.17) is 5.73 Å². The number of unbranched alkanes of at least 4 members (excludes halogenated alkanes) is 1. The van der Waals surface area contributed by atoms with E-state index >= 15 is 0 Å². The second-order valence-corrected chi connectivity index (χ2v) is 3.98. The molecule has 2 nitrogen and oxygen atoms in total. The molecule has 0 unspecified atom stereocenters. The summed E-state index contributed by atoms with van der Waals surface area (Å²) in [4.78, 5) is 0. The van der Waals surface area contributed by atoms with E-state index in [0.717, 1.165) is 25.1 Å². The van der Waals surface area contributed by atoms with Crippen molar-refractivity contribution >= 4 is 5.69 Å². The summed E-state index contributed by atoms with van der Waals surface area (Å²) >= 11 is 0. The maximum absolute atomic E-state index is 5.97. The van der Waals surface area contributed by atoms with Gasteiger partial charge in [-0.15, -0.1) is 0 Å². The molecule has 0 radical (unpaired) electrons. The van der Waals surface area contributed by atoms with Crippen molar-refractivity contribution in [3.8, 4) is 0 Å². The third-order valence-electron chi connectivity index (χ3n) is 2.62. The average Bonchev–Trinajstić information content (AvgIpc) is 2.41. The van der Waals surface area contributed by atoms with Crippen LogP contribution < -0.4 is 11.1 Å². The van der Waals surface area contributed by atoms with Gasteiger partial charge < -0.3 is 11.1 Å². The number of rotatable bonds is 6. The van der Waals surface area contributed by atoms with Gasteiger partial charge in [0.2, 0.25) is 0 Å². The van der Waals surface area contributed by atoms with Crippen LogP contribution in [0.2, 0.25) is 0 Å². The molecular weight excluding hydrogens is 220 g/mol. The fourth-order valence-electron chi connectivity index (χ4n) is 1.73. The molecule has 0 amide bonds. The molecule has 0 saturated carbocycles. The summed E-state index contributed by atoms with van der Waals surface area (Å²) in [7, 11) is 1.95. The quantitative estimate of drug-likeness (QED) is 0.591. The van der Waals surface area contributed by atoms with Crippen molar-refractivity contribution in [2.45, 2.75) is 46.6 Å². The van der Waals surface area contributed by atoms with Gasteiger partial charge in [0, 0.05) is 12.2 Å². The van der Waals surface area contributed by atoms with Crippen molar-refractivity contribution in [1.29, 1.82) is 0 Å². The number of nitrogens with one attached hydrogen (secondary N) is 1. The van der Waals surface area contributed by atoms with E-state index < -0.39 is 0 Å². The Balaban J connectivity index is 0.00000137. The smallest absolute Gasteiger partial charge is 0.0362 e. The van der Waals surface area contributed by atoms with Crippen LogP contribution in [0.5, 0.6) is 0 Å². The van der Waals surface area contributed by atoms with Gasteiger partial charge in [0.1, 0.15) is 0 Å². The predicted molar refractivity (Wildman–Crippen MR) is 82.7 cm³/mol. The molecule has 0 fully saturated rings. The van der Waals surface area contributed by atoms with E-state index in [1.807, 2.05) is 33.0 Å². The van der Waals surface area contributed by atoms with Crippen molar-refractivity contribution in [2.75, 3.05) is 12.8 Å². The van der Waals surface area contributed by atoms with Crippen molar-refractivity contribution < 1.29 is 0 Å². The van der Waals surface area contributed by atoms with Gasteiger partial charge in [0.25, 0.3) is 0 Å². The molecule has 2 heteroatoms. The zero-order valence-corrected chi connectivity index (χ0v) is 12.3. The molecule has 0 aliphatic rings. The van der Waals surface area contributed by atoms with E-state index in [9.17, 15) is 0 Å². The van der Waals surface area contributed by atoms with Gasteiger partial charge in [-0.05, 0) is 37.1 Å². The van der Waals surface area contributed by atoms with Crippen LogP contribution >= 0.6 is 0 Å². The summed E-state index contributed by atoms with van der Waals surface area (Å²) < 4.78 is 0. The second kappa shape index (κ2) is 10.8. The maximum atomic E-state index is 5.97. The van der Waals surface area contributed by atoms with Crippen LogP contribution in [-0.2, 0) is 13.0 Å². The van der Waals surface area contributed by atoms with Gasteiger partial charge in [-0.25, -0.2) is 0 Å². The molecule has 0 spiro atoms. The highest BCUT2D eigenvalue weighted by Gasteiger charge is 2.03. The summed E-state index contributed by atoms with van der Waals surface area (Å²) in [5, 5.41) is 3.16. The molecule has 0 saturated heterocycles. The van der Waals surface area contributed by atoms with Gasteiger partial charge in [-0.3, -0.25) is 0 Å². The average molecular weight is 248 g/mol. The Bertz CT molecular complexity index is 343. The number of anilines is 1. The van der Waals surface area contributed by atoms with Crippen molar-refractivity contribution in [3.05, 3.63) is 41.5 Å². The lowest BCUT2D eigenvalue weighted by Crippen LogP contribution is -2.10. The van der Waals surface area contributed by atoms with Gasteiger partial charge in [0.15, 0.2) is 0 Å². The zero-order valence-electron chi connectivity index (χ0n) is 12.3. The lowest BCUT2D eigenvalue weighted by Gasteiger charge is -2.10. The lowest BCUT2D eigenvalue weighted by atomic mass is 10.0. The molecule has 0 bridgehead atoms. The molecule has 18 heavy (non-hydrogen) atoms. The lowest BCUT2D eigenvalue weighted by molar-refractivity contribution is 0.811. The first kappa shape index (κ1) is 16.7. The van der Waals surface area contributed by atoms with Gasteiger partial charge in [-0.2, -0.15) is 0 Å². The van der Waals surface area contributed by atoms with Crippen molar-refractivity contribution in [2.24, 2.45) is 0 Å². The number of hydrogen-bond acceptors (Lipinski definition) is 2. The molecule has 1 aromatic carbocycles. The monoisotopic (exact) mass is 248 g/mol. The van der Waals surface area contributed by atoms with Gasteiger partial charge in [0.05, 0.1) is 0 Å². The minimum atomic E-state index is 0.837. The highest BCUT2D eigenvalue weighted by atomic mass is 14.8. The molecule has 0 aliphatic heterocycles. The first-order chi connectivity index (χ1) is 8.79. The van der Waals surface area contributed by atoms with E-state index in [2.05, 4.69) is 30.5 Å². The third-order valence-corrected chi connectivity index (χ3v) is 2.62. The summed E-state index contributed by atoms with van der Waals surface area (Å²) in [5.74, 6) is 0. The van der Waals surface area contributed by atoms with Crippen LogP contribution in [0.15, 0.2) is 30.4 Å². The zero-order chi connectivity index (χ0) is 13.8. The van der Waals surface area contributed by atoms with Crippen LogP contribution in [0.3, 0.4) is 0 Å². The molecule has 0 aliphatic carbocycles. The molecule has 0 atom stereocenters. The van der Waals surface area contributed by atoms with Crippen LogP contribution in [0, 0.1) is 0 Å². The third kappa shape index (κ3) is 5.87. The van der Waals surface area contributed by atoms with Crippen molar-refractivity contribution in [1.82, 2.24) is 5.32 Å². The minimum Gasteiger partial charge on any atom is -0.398 e. The number of benzene rings is 1. The number of allylic oxidation sites excluding steroid dienone is 2. The molecule has 0 aromatic heterocycles. The molecular formula is C16H28N2. The normalized spacial score (nSPS) is 10.2. The van der Waals surface area contributed by atoms with Gasteiger partial charge >= 0.3 is 0 Å². The highest BCUT2D eigenvalue weighted by molar-refractivity contribution is 5.51. The number of nitrogens with two attached hydrogens (primary N) is 1. The minimum absolute atomic E-state index is 0.837. The molecule has 1 aromatic rings. The van der Waals surface area contributed by atoms with Gasteiger partial charge in [-0.1, -0.05) is 51.5 Å². The summed E-state index contributed by atoms with van der Waals surface area (Å²) in [6.45, 7) is 7.03. The molecule has 3 N–H and O–H groups in total. The molecule has 102 valence electrons. The standard InChI is InChI=1S/C14H22N2.C2H6/c1-3-4-5-6-8-12-9-7-10-14(15)13(12)11-16-2;1-2/h5-7,9-10,16H,3-4,8,11,15H2,1-2H3;1-2H3/b6-5-;. The van der Waals surface area contributed by atoms with Crippen LogP contribution in [-0.4, -0.2) is 7.05 Å². The predicted octanol–water partition coefficient (Wildman–Crippen LogP) is 3.91. The second-order valence-electron chi connectivity index (χ2n) is 3.98. The van der Waals surface area contributed by atoms with Crippen LogP contribution in [0.4, 0.5) is 5.69 Å². The summed E-state index contributed by atoms with van der Waals surface area (Å²) in [6.07, 6.45) is 7.81. The van der Waals surface area contributed by atoms with Crippen LogP contribution in [0.1, 0.15) is 44.7 Å². The fourth-order valence-corrected chi connectivity index (χ4v) is 1.73. The molecule has 0 heterocycles. The maximum Gasteiger partial charge on any atom is 0.0362 e. The Labute approximate surface area is 112 Å². The van der Waals surface area contributed by atoms with E-state index in [-0.39, 0.29) is 0 Å². The number of nitrogen functional groups attached to an aromatic ring is 1. The van der Waals surface area contributed by atoms with Crippen molar-refractivity contribution in [3.63, 3.8) is 0 Å². The Morgan fingerprint density at radius 2 is 1.94 bits per heavy atom.